The number of ketones is 1. The van der Waals surface area contributed by atoms with E-state index in [2.05, 4.69) is 0 Å². The molecule has 0 radical (unpaired) electrons. The van der Waals surface area contributed by atoms with Crippen molar-refractivity contribution in [2.24, 2.45) is 5.92 Å². The smallest absolute Gasteiger partial charge is 0.163 e. The highest BCUT2D eigenvalue weighted by molar-refractivity contribution is 5.99. The molecule has 0 N–H and O–H groups in total. The molecule has 0 heterocycles. The number of benzene rings is 1. The first-order chi connectivity index (χ1) is 8.34. The average molecular weight is 230 g/mol. The summed E-state index contributed by atoms with van der Waals surface area (Å²) >= 11 is 0. The molecule has 3 rings (SSSR count). The average Bonchev–Trinajstić information content (AvgIpc) is 3.14. The highest BCUT2D eigenvalue weighted by atomic mass is 16.5. The van der Waals surface area contributed by atoms with Gasteiger partial charge in [-0.2, -0.15) is 0 Å². The highest BCUT2D eigenvalue weighted by Crippen LogP contribution is 2.33. The molecule has 2 aliphatic rings. The molecule has 17 heavy (non-hydrogen) atoms. The van der Waals surface area contributed by atoms with Crippen LogP contribution in [0.2, 0.25) is 0 Å². The number of rotatable bonds is 4. The number of fused-ring (bicyclic) bond motifs is 1. The summed E-state index contributed by atoms with van der Waals surface area (Å²) in [6.07, 6.45) is 6.55. The van der Waals surface area contributed by atoms with Crippen LogP contribution in [0.4, 0.5) is 0 Å². The van der Waals surface area contributed by atoms with Crippen molar-refractivity contribution in [1.29, 1.82) is 0 Å². The van der Waals surface area contributed by atoms with Crippen molar-refractivity contribution in [2.75, 3.05) is 6.61 Å². The third-order valence-electron chi connectivity index (χ3n) is 3.74. The van der Waals surface area contributed by atoms with Gasteiger partial charge in [-0.25, -0.2) is 0 Å². The zero-order valence-corrected chi connectivity index (χ0v) is 10.1. The molecule has 90 valence electrons. The van der Waals surface area contributed by atoms with Gasteiger partial charge in [-0.05, 0) is 31.2 Å². The van der Waals surface area contributed by atoms with Crippen LogP contribution in [0.1, 0.15) is 48.0 Å². The van der Waals surface area contributed by atoms with E-state index in [4.69, 9.17) is 4.74 Å². The fraction of sp³-hybridized carbons (Fsp3) is 0.533. The normalized spacial score (nSPS) is 18.9. The van der Waals surface area contributed by atoms with Crippen molar-refractivity contribution in [2.45, 2.75) is 38.5 Å². The van der Waals surface area contributed by atoms with E-state index in [9.17, 15) is 4.79 Å². The van der Waals surface area contributed by atoms with Crippen molar-refractivity contribution in [1.82, 2.24) is 0 Å². The molecule has 2 nitrogen and oxygen atoms in total. The van der Waals surface area contributed by atoms with Crippen LogP contribution < -0.4 is 4.74 Å². The van der Waals surface area contributed by atoms with Crippen LogP contribution in [0.25, 0.3) is 0 Å². The molecule has 0 unspecified atom stereocenters. The Kier molecular flexibility index (Phi) is 2.87. The van der Waals surface area contributed by atoms with Crippen LogP contribution in [0.15, 0.2) is 18.2 Å². The molecule has 2 heteroatoms. The summed E-state index contributed by atoms with van der Waals surface area (Å²) in [5.41, 5.74) is 2.03. The lowest BCUT2D eigenvalue weighted by Gasteiger charge is -2.18. The zero-order chi connectivity index (χ0) is 11.7. The van der Waals surface area contributed by atoms with E-state index in [0.29, 0.717) is 6.42 Å². The van der Waals surface area contributed by atoms with Crippen molar-refractivity contribution in [3.63, 3.8) is 0 Å². The summed E-state index contributed by atoms with van der Waals surface area (Å²) in [4.78, 5) is 11.8. The van der Waals surface area contributed by atoms with E-state index in [1.807, 2.05) is 18.2 Å². The number of hydrogen-bond acceptors (Lipinski definition) is 2. The Morgan fingerprint density at radius 3 is 2.94 bits per heavy atom. The summed E-state index contributed by atoms with van der Waals surface area (Å²) in [5.74, 6) is 2.12. The molecule has 0 saturated heterocycles. The summed E-state index contributed by atoms with van der Waals surface area (Å²) < 4.78 is 5.85. The molecular weight excluding hydrogens is 212 g/mol. The molecule has 0 amide bonds. The molecule has 1 fully saturated rings. The monoisotopic (exact) mass is 230 g/mol. The second-order valence-electron chi connectivity index (χ2n) is 5.14. The van der Waals surface area contributed by atoms with E-state index < -0.39 is 0 Å². The van der Waals surface area contributed by atoms with Crippen LogP contribution in [0.3, 0.4) is 0 Å². The summed E-state index contributed by atoms with van der Waals surface area (Å²) in [7, 11) is 0. The fourth-order valence-corrected chi connectivity index (χ4v) is 2.52. The predicted molar refractivity (Wildman–Crippen MR) is 66.5 cm³/mol. The summed E-state index contributed by atoms with van der Waals surface area (Å²) in [5, 5.41) is 0. The lowest BCUT2D eigenvalue weighted by atomic mass is 9.90. The van der Waals surface area contributed by atoms with E-state index in [0.717, 1.165) is 48.7 Å². The first kappa shape index (κ1) is 10.8. The van der Waals surface area contributed by atoms with Gasteiger partial charge in [0.05, 0.1) is 6.61 Å². The minimum atomic E-state index is 0.277. The molecule has 0 atom stereocenters. The number of carbonyl (C=O) groups excluding carboxylic acids is 1. The second-order valence-corrected chi connectivity index (χ2v) is 5.14. The minimum absolute atomic E-state index is 0.277. The van der Waals surface area contributed by atoms with Crippen LogP contribution in [-0.4, -0.2) is 12.4 Å². The first-order valence-corrected chi connectivity index (χ1v) is 6.62. The van der Waals surface area contributed by atoms with Gasteiger partial charge in [0.15, 0.2) is 5.78 Å². The Morgan fingerprint density at radius 2 is 2.12 bits per heavy atom. The third kappa shape index (κ3) is 2.36. The fourth-order valence-electron chi connectivity index (χ4n) is 2.52. The van der Waals surface area contributed by atoms with Crippen LogP contribution >= 0.6 is 0 Å². The Bertz CT molecular complexity index is 433. The van der Waals surface area contributed by atoms with Crippen molar-refractivity contribution in [3.8, 4) is 5.75 Å². The molecule has 0 aromatic heterocycles. The lowest BCUT2D eigenvalue weighted by molar-refractivity contribution is 0.0971. The third-order valence-corrected chi connectivity index (χ3v) is 3.74. The molecule has 1 aromatic rings. The number of ether oxygens (including phenoxy) is 1. The predicted octanol–water partition coefficient (Wildman–Crippen LogP) is 3.38. The van der Waals surface area contributed by atoms with Gasteiger partial charge in [-0.1, -0.05) is 25.0 Å². The highest BCUT2D eigenvalue weighted by Gasteiger charge is 2.22. The van der Waals surface area contributed by atoms with Crippen LogP contribution in [0.5, 0.6) is 5.75 Å². The number of carbonyl (C=O) groups is 1. The molecule has 1 saturated carbocycles. The quantitative estimate of drug-likeness (QED) is 0.792. The van der Waals surface area contributed by atoms with Gasteiger partial charge in [0.1, 0.15) is 5.75 Å². The molecular formula is C15H18O2. The standard InChI is InChI=1S/C15H18O2/c16-14-5-1-4-13-12(14)3-2-6-15(13)17-10-9-11-7-8-11/h2-3,6,11H,1,4-5,7-10H2. The van der Waals surface area contributed by atoms with Gasteiger partial charge in [-0.3, -0.25) is 4.79 Å². The number of hydrogen-bond donors (Lipinski definition) is 0. The topological polar surface area (TPSA) is 26.3 Å². The van der Waals surface area contributed by atoms with Crippen molar-refractivity contribution >= 4 is 5.78 Å². The van der Waals surface area contributed by atoms with E-state index in [1.165, 1.54) is 12.8 Å². The Labute approximate surface area is 102 Å². The molecule has 1 aromatic carbocycles. The van der Waals surface area contributed by atoms with Gasteiger partial charge < -0.3 is 4.74 Å². The molecule has 0 bridgehead atoms. The Morgan fingerprint density at radius 1 is 1.24 bits per heavy atom. The maximum absolute atomic E-state index is 11.8. The van der Waals surface area contributed by atoms with Gasteiger partial charge in [0.2, 0.25) is 0 Å². The first-order valence-electron chi connectivity index (χ1n) is 6.62. The van der Waals surface area contributed by atoms with Gasteiger partial charge >= 0.3 is 0 Å². The summed E-state index contributed by atoms with van der Waals surface area (Å²) in [6, 6.07) is 5.88. The summed E-state index contributed by atoms with van der Waals surface area (Å²) in [6.45, 7) is 0.801. The lowest BCUT2D eigenvalue weighted by Crippen LogP contribution is -2.12. The minimum Gasteiger partial charge on any atom is -0.493 e. The van der Waals surface area contributed by atoms with E-state index >= 15 is 0 Å². The SMILES string of the molecule is O=C1CCCc2c(OCCC3CC3)cccc21. The van der Waals surface area contributed by atoms with Gasteiger partial charge in [0, 0.05) is 17.5 Å². The van der Waals surface area contributed by atoms with E-state index in [-0.39, 0.29) is 5.78 Å². The van der Waals surface area contributed by atoms with Crippen LogP contribution in [-0.2, 0) is 6.42 Å². The Hall–Kier alpha value is -1.31. The number of Topliss-reactive ketones (excluding diaryl/α,β-unsaturated/α-hetero) is 1. The molecule has 0 aliphatic heterocycles. The van der Waals surface area contributed by atoms with Crippen molar-refractivity contribution < 1.29 is 9.53 Å². The largest absolute Gasteiger partial charge is 0.493 e. The van der Waals surface area contributed by atoms with Gasteiger partial charge in [-0.15, -0.1) is 0 Å². The molecule has 2 aliphatic carbocycles. The van der Waals surface area contributed by atoms with Gasteiger partial charge in [0.25, 0.3) is 0 Å². The Balaban J connectivity index is 1.74. The van der Waals surface area contributed by atoms with E-state index in [1.54, 1.807) is 0 Å². The zero-order valence-electron chi connectivity index (χ0n) is 10.1. The maximum atomic E-state index is 11.8. The second kappa shape index (κ2) is 4.52. The van der Waals surface area contributed by atoms with Crippen molar-refractivity contribution in [3.05, 3.63) is 29.3 Å². The molecule has 0 spiro atoms. The maximum Gasteiger partial charge on any atom is 0.163 e. The van der Waals surface area contributed by atoms with Crippen LogP contribution in [0, 0.1) is 5.92 Å².